The predicted octanol–water partition coefficient (Wildman–Crippen LogP) is 3.76. The molecule has 1 aromatic heterocycles. The Hall–Kier alpha value is -1.68. The lowest BCUT2D eigenvalue weighted by Crippen LogP contribution is -1.94. The minimum atomic E-state index is -0.904. The molecule has 16 heavy (non-hydrogen) atoms. The number of hydrogen-bond donors (Lipinski definition) is 1. The van der Waals surface area contributed by atoms with Crippen LogP contribution in [0.4, 0.5) is 20.3 Å². The summed E-state index contributed by atoms with van der Waals surface area (Å²) in [7, 11) is 0. The van der Waals surface area contributed by atoms with Crippen molar-refractivity contribution in [3.8, 4) is 0 Å². The van der Waals surface area contributed by atoms with Crippen molar-refractivity contribution in [1.29, 1.82) is 0 Å². The molecule has 0 unspecified atom stereocenters. The van der Waals surface area contributed by atoms with Crippen LogP contribution in [-0.2, 0) is 0 Å². The van der Waals surface area contributed by atoms with Gasteiger partial charge in [0.25, 0.3) is 0 Å². The zero-order valence-corrected chi connectivity index (χ0v) is 8.80. The Labute approximate surface area is 95.9 Å². The third kappa shape index (κ3) is 2.46. The van der Waals surface area contributed by atoms with Crippen molar-refractivity contribution in [2.24, 2.45) is 0 Å². The zero-order valence-electron chi connectivity index (χ0n) is 8.05. The van der Waals surface area contributed by atoms with Gasteiger partial charge in [-0.3, -0.25) is 0 Å². The van der Waals surface area contributed by atoms with E-state index >= 15 is 0 Å². The molecule has 1 heterocycles. The van der Waals surface area contributed by atoms with Crippen molar-refractivity contribution in [3.05, 3.63) is 53.2 Å². The van der Waals surface area contributed by atoms with Crippen LogP contribution in [0.15, 0.2) is 36.5 Å². The number of benzene rings is 1. The Morgan fingerprint density at radius 1 is 1.06 bits per heavy atom. The molecular weight excluding hydrogens is 234 g/mol. The van der Waals surface area contributed by atoms with Gasteiger partial charge >= 0.3 is 0 Å². The van der Waals surface area contributed by atoms with Gasteiger partial charge in [-0.2, -0.15) is 0 Å². The van der Waals surface area contributed by atoms with Gasteiger partial charge in [0.15, 0.2) is 11.6 Å². The van der Waals surface area contributed by atoms with Crippen LogP contribution in [-0.4, -0.2) is 4.98 Å². The third-order valence-electron chi connectivity index (χ3n) is 1.92. The lowest BCUT2D eigenvalue weighted by Gasteiger charge is -2.05. The molecule has 2 nitrogen and oxygen atoms in total. The van der Waals surface area contributed by atoms with E-state index in [0.29, 0.717) is 16.5 Å². The van der Waals surface area contributed by atoms with E-state index in [0.717, 1.165) is 12.1 Å². The highest BCUT2D eigenvalue weighted by atomic mass is 35.5. The molecule has 82 valence electrons. The Kier molecular flexibility index (Phi) is 3.01. The Balaban J connectivity index is 2.20. The number of nitrogens with one attached hydrogen (secondary N) is 1. The molecule has 0 spiro atoms. The van der Waals surface area contributed by atoms with Gasteiger partial charge in [0, 0.05) is 18.0 Å². The van der Waals surface area contributed by atoms with E-state index < -0.39 is 11.6 Å². The van der Waals surface area contributed by atoms with Crippen molar-refractivity contribution in [2.45, 2.75) is 0 Å². The lowest BCUT2D eigenvalue weighted by molar-refractivity contribution is 0.509. The van der Waals surface area contributed by atoms with E-state index in [2.05, 4.69) is 10.3 Å². The number of hydrogen-bond acceptors (Lipinski definition) is 2. The fourth-order valence-corrected chi connectivity index (χ4v) is 1.28. The zero-order chi connectivity index (χ0) is 11.5. The minimum Gasteiger partial charge on any atom is -0.340 e. The third-order valence-corrected chi connectivity index (χ3v) is 2.14. The second-order valence-corrected chi connectivity index (χ2v) is 3.55. The molecule has 2 aromatic rings. The van der Waals surface area contributed by atoms with E-state index in [1.54, 1.807) is 12.1 Å². The predicted molar refractivity (Wildman–Crippen MR) is 58.9 cm³/mol. The van der Waals surface area contributed by atoms with E-state index in [-0.39, 0.29) is 0 Å². The minimum absolute atomic E-state index is 0.425. The number of anilines is 2. The van der Waals surface area contributed by atoms with Gasteiger partial charge in [-0.1, -0.05) is 11.6 Å². The van der Waals surface area contributed by atoms with Crippen LogP contribution < -0.4 is 5.32 Å². The molecular formula is C11H7ClF2N2. The molecule has 0 radical (unpaired) electrons. The first-order valence-corrected chi connectivity index (χ1v) is 4.86. The Morgan fingerprint density at radius 3 is 2.50 bits per heavy atom. The van der Waals surface area contributed by atoms with Gasteiger partial charge in [-0.05, 0) is 24.3 Å². The molecule has 0 atom stereocenters. The first kappa shape index (κ1) is 10.8. The summed E-state index contributed by atoms with van der Waals surface area (Å²) in [6.07, 6.45) is 1.46. The molecule has 1 N–H and O–H groups in total. The quantitative estimate of drug-likeness (QED) is 0.865. The topological polar surface area (TPSA) is 24.9 Å². The summed E-state index contributed by atoms with van der Waals surface area (Å²) in [5.41, 5.74) is 0.425. The molecule has 0 amide bonds. The summed E-state index contributed by atoms with van der Waals surface area (Å²) in [5.74, 6) is -1.27. The van der Waals surface area contributed by atoms with Crippen molar-refractivity contribution < 1.29 is 8.78 Å². The monoisotopic (exact) mass is 240 g/mol. The maximum absolute atomic E-state index is 12.9. The van der Waals surface area contributed by atoms with Gasteiger partial charge in [0.2, 0.25) is 0 Å². The lowest BCUT2D eigenvalue weighted by atomic mass is 10.3. The maximum atomic E-state index is 12.9. The summed E-state index contributed by atoms with van der Waals surface area (Å²) in [6, 6.07) is 6.83. The fraction of sp³-hybridized carbons (Fsp3) is 0. The maximum Gasteiger partial charge on any atom is 0.160 e. The van der Waals surface area contributed by atoms with Gasteiger partial charge in [-0.25, -0.2) is 13.8 Å². The second kappa shape index (κ2) is 4.45. The van der Waals surface area contributed by atoms with E-state index in [1.807, 2.05) is 0 Å². The SMILES string of the molecule is Fc1ccc(Nc2ccc(Cl)cn2)cc1F. The van der Waals surface area contributed by atoms with Crippen molar-refractivity contribution >= 4 is 23.1 Å². The molecule has 5 heteroatoms. The molecule has 0 saturated carbocycles. The summed E-state index contributed by atoms with van der Waals surface area (Å²) in [6.45, 7) is 0. The Morgan fingerprint density at radius 2 is 1.88 bits per heavy atom. The second-order valence-electron chi connectivity index (χ2n) is 3.12. The number of halogens is 3. The van der Waals surface area contributed by atoms with Gasteiger partial charge < -0.3 is 5.32 Å². The smallest absolute Gasteiger partial charge is 0.160 e. The first-order valence-electron chi connectivity index (χ1n) is 4.49. The number of rotatable bonds is 2. The number of aromatic nitrogens is 1. The fourth-order valence-electron chi connectivity index (χ4n) is 1.17. The van der Waals surface area contributed by atoms with Crippen molar-refractivity contribution in [2.75, 3.05) is 5.32 Å². The molecule has 0 aliphatic rings. The summed E-state index contributed by atoms with van der Waals surface area (Å²) < 4.78 is 25.5. The highest BCUT2D eigenvalue weighted by Crippen LogP contribution is 2.18. The standard InChI is InChI=1S/C11H7ClF2N2/c12-7-1-4-11(15-6-7)16-8-2-3-9(13)10(14)5-8/h1-6H,(H,15,16). The van der Waals surface area contributed by atoms with E-state index in [1.165, 1.54) is 12.3 Å². The average molecular weight is 241 g/mol. The summed E-state index contributed by atoms with van der Waals surface area (Å²) in [4.78, 5) is 3.97. The van der Waals surface area contributed by atoms with Crippen LogP contribution in [0, 0.1) is 11.6 Å². The van der Waals surface area contributed by atoms with Gasteiger partial charge in [-0.15, -0.1) is 0 Å². The average Bonchev–Trinajstić information content (AvgIpc) is 2.27. The van der Waals surface area contributed by atoms with E-state index in [9.17, 15) is 8.78 Å². The molecule has 0 fully saturated rings. The number of pyridine rings is 1. The van der Waals surface area contributed by atoms with Crippen molar-refractivity contribution in [3.63, 3.8) is 0 Å². The molecule has 0 aliphatic heterocycles. The molecule has 0 saturated heterocycles. The summed E-state index contributed by atoms with van der Waals surface area (Å²) in [5, 5.41) is 3.33. The highest BCUT2D eigenvalue weighted by Gasteiger charge is 2.02. The van der Waals surface area contributed by atoms with Crippen LogP contribution in [0.25, 0.3) is 0 Å². The van der Waals surface area contributed by atoms with Crippen LogP contribution in [0.1, 0.15) is 0 Å². The van der Waals surface area contributed by atoms with Gasteiger partial charge in [0.05, 0.1) is 5.02 Å². The van der Waals surface area contributed by atoms with Crippen LogP contribution in [0.5, 0.6) is 0 Å². The molecule has 0 aliphatic carbocycles. The normalized spacial score (nSPS) is 10.2. The molecule has 1 aromatic carbocycles. The number of nitrogens with zero attached hydrogens (tertiary/aromatic N) is 1. The molecule has 0 bridgehead atoms. The molecule has 2 rings (SSSR count). The first-order chi connectivity index (χ1) is 7.65. The van der Waals surface area contributed by atoms with Gasteiger partial charge in [0.1, 0.15) is 5.82 Å². The van der Waals surface area contributed by atoms with Crippen LogP contribution in [0.2, 0.25) is 5.02 Å². The van der Waals surface area contributed by atoms with Crippen molar-refractivity contribution in [1.82, 2.24) is 4.98 Å². The van der Waals surface area contributed by atoms with Crippen LogP contribution >= 0.6 is 11.6 Å². The van der Waals surface area contributed by atoms with E-state index in [4.69, 9.17) is 11.6 Å². The summed E-state index contributed by atoms with van der Waals surface area (Å²) >= 11 is 5.66. The highest BCUT2D eigenvalue weighted by molar-refractivity contribution is 6.30. The largest absolute Gasteiger partial charge is 0.340 e. The Bertz CT molecular complexity index is 500. The van der Waals surface area contributed by atoms with Crippen LogP contribution in [0.3, 0.4) is 0 Å².